The molecule has 0 radical (unpaired) electrons. The van der Waals surface area contributed by atoms with Gasteiger partial charge in [-0.15, -0.1) is 0 Å². The molecule has 4 heteroatoms. The predicted molar refractivity (Wildman–Crippen MR) is 87.2 cm³/mol. The molecular formula is C16H22N2OS. The monoisotopic (exact) mass is 290 g/mol. The number of fused-ring (bicyclic) bond motifs is 1. The number of benzene rings is 1. The molecule has 1 aromatic carbocycles. The molecule has 0 saturated heterocycles. The summed E-state index contributed by atoms with van der Waals surface area (Å²) in [6, 6.07) is 8.43. The van der Waals surface area contributed by atoms with Gasteiger partial charge in [-0.25, -0.2) is 0 Å². The number of rotatable bonds is 6. The zero-order valence-corrected chi connectivity index (χ0v) is 13.2. The molecular weight excluding hydrogens is 268 g/mol. The fraction of sp³-hybridized carbons (Fsp3) is 0.438. The molecule has 0 aliphatic heterocycles. The highest BCUT2D eigenvalue weighted by atomic mass is 32.2. The smallest absolute Gasteiger partial charge is 0.227 e. The van der Waals surface area contributed by atoms with Crippen molar-refractivity contribution in [3.8, 4) is 0 Å². The maximum Gasteiger partial charge on any atom is 0.227 e. The molecule has 20 heavy (non-hydrogen) atoms. The number of aromatic amines is 1. The summed E-state index contributed by atoms with van der Waals surface area (Å²) in [7, 11) is 1.92. The first-order chi connectivity index (χ1) is 9.67. The molecule has 0 spiro atoms. The van der Waals surface area contributed by atoms with Crippen LogP contribution in [-0.4, -0.2) is 40.9 Å². The third-order valence-electron chi connectivity index (χ3n) is 3.79. The van der Waals surface area contributed by atoms with E-state index in [9.17, 15) is 4.79 Å². The third kappa shape index (κ3) is 3.18. The second kappa shape index (κ2) is 6.84. The van der Waals surface area contributed by atoms with Crippen LogP contribution in [0.1, 0.15) is 18.9 Å². The number of amides is 1. The van der Waals surface area contributed by atoms with Crippen LogP contribution in [0.15, 0.2) is 30.5 Å². The van der Waals surface area contributed by atoms with E-state index in [-0.39, 0.29) is 5.91 Å². The van der Waals surface area contributed by atoms with E-state index in [4.69, 9.17) is 0 Å². The molecule has 1 N–H and O–H groups in total. The Morgan fingerprint density at radius 2 is 2.15 bits per heavy atom. The van der Waals surface area contributed by atoms with Gasteiger partial charge in [0.1, 0.15) is 0 Å². The quantitative estimate of drug-likeness (QED) is 0.886. The summed E-state index contributed by atoms with van der Waals surface area (Å²) in [4.78, 5) is 17.6. The van der Waals surface area contributed by atoms with Crippen molar-refractivity contribution in [1.29, 1.82) is 0 Å². The first kappa shape index (κ1) is 15.0. The van der Waals surface area contributed by atoms with Crippen molar-refractivity contribution >= 4 is 28.6 Å². The number of H-pyrrole nitrogens is 1. The third-order valence-corrected chi connectivity index (χ3v) is 4.51. The lowest BCUT2D eigenvalue weighted by Crippen LogP contribution is -2.39. The first-order valence-electron chi connectivity index (χ1n) is 6.97. The molecule has 108 valence electrons. The van der Waals surface area contributed by atoms with Crippen LogP contribution in [-0.2, 0) is 11.2 Å². The van der Waals surface area contributed by atoms with Gasteiger partial charge in [0.05, 0.1) is 6.42 Å². The average molecular weight is 290 g/mol. The average Bonchev–Trinajstić information content (AvgIpc) is 2.87. The van der Waals surface area contributed by atoms with Crippen LogP contribution < -0.4 is 0 Å². The second-order valence-electron chi connectivity index (χ2n) is 5.06. The molecule has 1 atom stereocenters. The number of nitrogens with one attached hydrogen (secondary N) is 1. The van der Waals surface area contributed by atoms with Gasteiger partial charge in [0.15, 0.2) is 0 Å². The zero-order valence-electron chi connectivity index (χ0n) is 12.3. The lowest BCUT2D eigenvalue weighted by Gasteiger charge is -2.26. The van der Waals surface area contributed by atoms with Crippen molar-refractivity contribution in [1.82, 2.24) is 9.88 Å². The zero-order chi connectivity index (χ0) is 14.5. The van der Waals surface area contributed by atoms with E-state index in [1.54, 1.807) is 11.8 Å². The Balaban J connectivity index is 2.11. The maximum absolute atomic E-state index is 12.4. The molecule has 0 bridgehead atoms. The number of aromatic nitrogens is 1. The van der Waals surface area contributed by atoms with E-state index in [2.05, 4.69) is 24.2 Å². The van der Waals surface area contributed by atoms with Gasteiger partial charge in [-0.2, -0.15) is 11.8 Å². The van der Waals surface area contributed by atoms with Gasteiger partial charge in [-0.1, -0.05) is 25.1 Å². The van der Waals surface area contributed by atoms with E-state index in [1.165, 1.54) is 0 Å². The van der Waals surface area contributed by atoms with Crippen molar-refractivity contribution in [3.05, 3.63) is 36.0 Å². The lowest BCUT2D eigenvalue weighted by molar-refractivity contribution is -0.130. The van der Waals surface area contributed by atoms with Crippen molar-refractivity contribution in [3.63, 3.8) is 0 Å². The lowest BCUT2D eigenvalue weighted by atomic mass is 10.1. The van der Waals surface area contributed by atoms with Gasteiger partial charge in [0.25, 0.3) is 0 Å². The predicted octanol–water partition coefficient (Wildman–Crippen LogP) is 3.31. The Morgan fingerprint density at radius 1 is 1.40 bits per heavy atom. The van der Waals surface area contributed by atoms with Gasteiger partial charge in [-0.05, 0) is 24.3 Å². The maximum atomic E-state index is 12.4. The fourth-order valence-electron chi connectivity index (χ4n) is 2.47. The summed E-state index contributed by atoms with van der Waals surface area (Å²) in [5, 5.41) is 1.15. The summed E-state index contributed by atoms with van der Waals surface area (Å²) in [6.45, 7) is 2.14. The van der Waals surface area contributed by atoms with Crippen molar-refractivity contribution in [2.24, 2.45) is 0 Å². The van der Waals surface area contributed by atoms with E-state index in [1.807, 2.05) is 36.3 Å². The minimum Gasteiger partial charge on any atom is -0.361 e. The molecule has 1 aromatic heterocycles. The summed E-state index contributed by atoms with van der Waals surface area (Å²) in [5.74, 6) is 1.18. The topological polar surface area (TPSA) is 36.1 Å². The largest absolute Gasteiger partial charge is 0.361 e. The number of hydrogen-bond acceptors (Lipinski definition) is 2. The van der Waals surface area contributed by atoms with Crippen molar-refractivity contribution in [2.45, 2.75) is 25.8 Å². The molecule has 0 aliphatic rings. The molecule has 0 saturated carbocycles. The molecule has 1 unspecified atom stereocenters. The van der Waals surface area contributed by atoms with E-state index in [0.29, 0.717) is 12.5 Å². The highest BCUT2D eigenvalue weighted by Crippen LogP contribution is 2.19. The van der Waals surface area contributed by atoms with Crippen LogP contribution in [0.25, 0.3) is 10.9 Å². The van der Waals surface area contributed by atoms with Gasteiger partial charge < -0.3 is 9.88 Å². The van der Waals surface area contributed by atoms with Crippen LogP contribution in [0.2, 0.25) is 0 Å². The Kier molecular flexibility index (Phi) is 5.12. The van der Waals surface area contributed by atoms with Crippen LogP contribution in [0.3, 0.4) is 0 Å². The van der Waals surface area contributed by atoms with Gasteiger partial charge in [0.2, 0.25) is 5.91 Å². The number of thioether (sulfide) groups is 1. The summed E-state index contributed by atoms with van der Waals surface area (Å²) >= 11 is 1.79. The molecule has 0 aliphatic carbocycles. The van der Waals surface area contributed by atoms with Crippen molar-refractivity contribution < 1.29 is 4.79 Å². The minimum absolute atomic E-state index is 0.190. The van der Waals surface area contributed by atoms with Gasteiger partial charge >= 0.3 is 0 Å². The highest BCUT2D eigenvalue weighted by molar-refractivity contribution is 7.98. The van der Waals surface area contributed by atoms with Crippen LogP contribution in [0.4, 0.5) is 0 Å². The molecule has 2 aromatic rings. The summed E-state index contributed by atoms with van der Waals surface area (Å²) in [5.41, 5.74) is 2.17. The number of likely N-dealkylation sites (N-methyl/N-ethyl adjacent to an activating group) is 1. The van der Waals surface area contributed by atoms with Gasteiger partial charge in [0, 0.05) is 35.9 Å². The number of hydrogen-bond donors (Lipinski definition) is 1. The van der Waals surface area contributed by atoms with Crippen LogP contribution >= 0.6 is 11.8 Å². The molecule has 1 heterocycles. The highest BCUT2D eigenvalue weighted by Gasteiger charge is 2.19. The minimum atomic E-state index is 0.190. The summed E-state index contributed by atoms with van der Waals surface area (Å²) in [6.07, 6.45) is 5.49. The van der Waals surface area contributed by atoms with Gasteiger partial charge in [-0.3, -0.25) is 4.79 Å². The molecule has 3 nitrogen and oxygen atoms in total. The molecule has 0 fully saturated rings. The molecule has 2 rings (SSSR count). The van der Waals surface area contributed by atoms with Crippen molar-refractivity contribution in [2.75, 3.05) is 19.1 Å². The number of carbonyl (C=O) groups is 1. The Bertz CT molecular complexity index is 579. The number of nitrogens with zero attached hydrogens (tertiary/aromatic N) is 1. The van der Waals surface area contributed by atoms with E-state index < -0.39 is 0 Å². The van der Waals surface area contributed by atoms with E-state index in [0.717, 1.165) is 28.6 Å². The fourth-order valence-corrected chi connectivity index (χ4v) is 3.31. The van der Waals surface area contributed by atoms with Crippen LogP contribution in [0.5, 0.6) is 0 Å². The SMILES string of the molecule is CCC(CSC)N(C)C(=O)Cc1c[nH]c2ccccc12. The summed E-state index contributed by atoms with van der Waals surface area (Å²) < 4.78 is 0. The Morgan fingerprint density at radius 3 is 2.85 bits per heavy atom. The Hall–Kier alpha value is -1.42. The van der Waals surface area contributed by atoms with E-state index >= 15 is 0 Å². The standard InChI is InChI=1S/C16H22N2OS/c1-4-13(11-20-3)18(2)16(19)9-12-10-17-15-8-6-5-7-14(12)15/h5-8,10,13,17H,4,9,11H2,1-3H3. The second-order valence-corrected chi connectivity index (χ2v) is 5.97. The normalized spacial score (nSPS) is 12.6. The number of para-hydroxylation sites is 1. The number of carbonyl (C=O) groups excluding carboxylic acids is 1. The van der Waals surface area contributed by atoms with Crippen LogP contribution in [0, 0.1) is 0 Å². The molecule has 1 amide bonds. The Labute approximate surface area is 124 Å². The first-order valence-corrected chi connectivity index (χ1v) is 8.36.